The van der Waals surface area contributed by atoms with Gasteiger partial charge >= 0.3 is 0 Å². The minimum Gasteiger partial charge on any atom is -0.365 e. The lowest BCUT2D eigenvalue weighted by molar-refractivity contribution is 0.192. The molecule has 0 atom stereocenters. The van der Waals surface area contributed by atoms with Gasteiger partial charge in [0.2, 0.25) is 0 Å². The zero-order valence-electron chi connectivity index (χ0n) is 17.1. The Kier molecular flexibility index (Phi) is 6.20. The Labute approximate surface area is 171 Å². The summed E-state index contributed by atoms with van der Waals surface area (Å²) in [4.78, 5) is 24.4. The minimum absolute atomic E-state index is 0.0962. The van der Waals surface area contributed by atoms with Crippen LogP contribution in [0, 0.1) is 5.92 Å². The molecule has 1 fully saturated rings. The van der Waals surface area contributed by atoms with Crippen molar-refractivity contribution in [2.24, 2.45) is 5.92 Å². The van der Waals surface area contributed by atoms with Crippen LogP contribution in [-0.4, -0.2) is 45.6 Å². The van der Waals surface area contributed by atoms with E-state index in [1.807, 2.05) is 36.4 Å². The van der Waals surface area contributed by atoms with Crippen molar-refractivity contribution in [3.05, 3.63) is 64.7 Å². The smallest absolute Gasteiger partial charge is 0.294 e. The van der Waals surface area contributed by atoms with Crippen LogP contribution >= 0.6 is 0 Å². The lowest BCUT2D eigenvalue weighted by atomic mass is 9.99. The fourth-order valence-electron chi connectivity index (χ4n) is 3.92. The Morgan fingerprint density at radius 3 is 2.72 bits per heavy atom. The number of pyridine rings is 1. The third kappa shape index (κ3) is 4.82. The van der Waals surface area contributed by atoms with E-state index >= 15 is 0 Å². The van der Waals surface area contributed by atoms with Gasteiger partial charge in [-0.15, -0.1) is 0 Å². The summed E-state index contributed by atoms with van der Waals surface area (Å²) in [5, 5.41) is 3.29. The van der Waals surface area contributed by atoms with E-state index in [0.717, 1.165) is 42.0 Å². The van der Waals surface area contributed by atoms with E-state index in [-0.39, 0.29) is 5.56 Å². The third-order valence-electron chi connectivity index (χ3n) is 5.75. The van der Waals surface area contributed by atoms with Crippen molar-refractivity contribution < 1.29 is 0 Å². The molecule has 1 aromatic carbocycles. The van der Waals surface area contributed by atoms with Crippen LogP contribution in [0.2, 0.25) is 0 Å². The van der Waals surface area contributed by atoms with Crippen LogP contribution in [0.3, 0.4) is 0 Å². The molecule has 6 nitrogen and oxygen atoms in total. The summed E-state index contributed by atoms with van der Waals surface area (Å²) in [5.74, 6) is 1.27. The molecular weight excluding hydrogens is 362 g/mol. The number of aromatic nitrogens is 3. The molecule has 0 aliphatic carbocycles. The molecule has 3 heterocycles. The van der Waals surface area contributed by atoms with E-state index in [9.17, 15) is 4.79 Å². The summed E-state index contributed by atoms with van der Waals surface area (Å²) in [7, 11) is 0. The second-order valence-electron chi connectivity index (χ2n) is 8.01. The van der Waals surface area contributed by atoms with Crippen LogP contribution in [0.1, 0.15) is 31.7 Å². The first-order valence-electron chi connectivity index (χ1n) is 10.6. The summed E-state index contributed by atoms with van der Waals surface area (Å²) in [6, 6.07) is 11.9. The van der Waals surface area contributed by atoms with Gasteiger partial charge in [-0.25, -0.2) is 4.98 Å². The van der Waals surface area contributed by atoms with Crippen LogP contribution in [-0.2, 0) is 6.54 Å². The summed E-state index contributed by atoms with van der Waals surface area (Å²) < 4.78 is 1.76. The highest BCUT2D eigenvalue weighted by Gasteiger charge is 2.15. The Morgan fingerprint density at radius 2 is 1.93 bits per heavy atom. The Balaban J connectivity index is 1.47. The van der Waals surface area contributed by atoms with Crippen LogP contribution in [0.5, 0.6) is 0 Å². The van der Waals surface area contributed by atoms with Gasteiger partial charge in [-0.05, 0) is 56.4 Å². The van der Waals surface area contributed by atoms with Gasteiger partial charge in [0.25, 0.3) is 5.56 Å². The van der Waals surface area contributed by atoms with Gasteiger partial charge in [0.15, 0.2) is 5.82 Å². The van der Waals surface area contributed by atoms with Gasteiger partial charge in [-0.1, -0.05) is 37.3 Å². The molecule has 1 aliphatic rings. The molecule has 4 rings (SSSR count). The predicted octanol–water partition coefficient (Wildman–Crippen LogP) is 3.37. The van der Waals surface area contributed by atoms with E-state index in [1.54, 1.807) is 17.0 Å². The number of nitrogens with zero attached hydrogens (tertiary/aromatic N) is 4. The van der Waals surface area contributed by atoms with E-state index in [0.29, 0.717) is 12.4 Å². The van der Waals surface area contributed by atoms with Crippen LogP contribution in [0.15, 0.2) is 53.6 Å². The largest absolute Gasteiger partial charge is 0.365 e. The SMILES string of the molecule is CC1CCN(CCCNc2nc3ccncc3n(Cc3ccccc3)c2=O)CC1. The highest BCUT2D eigenvalue weighted by Crippen LogP contribution is 2.16. The third-order valence-corrected chi connectivity index (χ3v) is 5.75. The lowest BCUT2D eigenvalue weighted by Crippen LogP contribution is -2.34. The first-order valence-corrected chi connectivity index (χ1v) is 10.6. The van der Waals surface area contributed by atoms with E-state index in [4.69, 9.17) is 0 Å². The van der Waals surface area contributed by atoms with Crippen molar-refractivity contribution in [3.8, 4) is 0 Å². The Bertz CT molecular complexity index is 993. The van der Waals surface area contributed by atoms with Crippen molar-refractivity contribution in [1.29, 1.82) is 0 Å². The number of anilines is 1. The predicted molar refractivity (Wildman–Crippen MR) is 117 cm³/mol. The van der Waals surface area contributed by atoms with Crippen molar-refractivity contribution in [2.45, 2.75) is 32.7 Å². The zero-order valence-corrected chi connectivity index (χ0v) is 17.1. The molecule has 0 unspecified atom stereocenters. The molecule has 2 aromatic heterocycles. The van der Waals surface area contributed by atoms with Crippen molar-refractivity contribution in [3.63, 3.8) is 0 Å². The van der Waals surface area contributed by atoms with Gasteiger partial charge in [0, 0.05) is 12.7 Å². The monoisotopic (exact) mass is 391 g/mol. The van der Waals surface area contributed by atoms with Crippen molar-refractivity contribution in [2.75, 3.05) is 31.5 Å². The molecule has 0 spiro atoms. The normalized spacial score (nSPS) is 15.6. The molecule has 3 aromatic rings. The van der Waals surface area contributed by atoms with Crippen LogP contribution < -0.4 is 10.9 Å². The highest BCUT2D eigenvalue weighted by atomic mass is 16.1. The molecule has 1 aliphatic heterocycles. The van der Waals surface area contributed by atoms with Gasteiger partial charge < -0.3 is 10.2 Å². The zero-order chi connectivity index (χ0) is 20.1. The van der Waals surface area contributed by atoms with Crippen molar-refractivity contribution in [1.82, 2.24) is 19.4 Å². The van der Waals surface area contributed by atoms with E-state index in [1.165, 1.54) is 25.9 Å². The second-order valence-corrected chi connectivity index (χ2v) is 8.01. The number of benzene rings is 1. The fourth-order valence-corrected chi connectivity index (χ4v) is 3.92. The van der Waals surface area contributed by atoms with E-state index in [2.05, 4.69) is 27.1 Å². The molecule has 0 bridgehead atoms. The number of rotatable bonds is 7. The molecule has 1 saturated heterocycles. The van der Waals surface area contributed by atoms with E-state index < -0.39 is 0 Å². The van der Waals surface area contributed by atoms with Crippen LogP contribution in [0.4, 0.5) is 5.82 Å². The molecule has 6 heteroatoms. The summed E-state index contributed by atoms with van der Waals surface area (Å²) >= 11 is 0. The average molecular weight is 392 g/mol. The Morgan fingerprint density at radius 1 is 1.14 bits per heavy atom. The number of hydrogen-bond acceptors (Lipinski definition) is 5. The maximum absolute atomic E-state index is 13.1. The average Bonchev–Trinajstić information content (AvgIpc) is 2.76. The van der Waals surface area contributed by atoms with Gasteiger partial charge in [0.1, 0.15) is 0 Å². The molecule has 0 amide bonds. The van der Waals surface area contributed by atoms with Gasteiger partial charge in [-0.3, -0.25) is 14.3 Å². The molecule has 0 saturated carbocycles. The second kappa shape index (κ2) is 9.18. The minimum atomic E-state index is -0.0962. The lowest BCUT2D eigenvalue weighted by Gasteiger charge is -2.30. The first-order chi connectivity index (χ1) is 14.2. The summed E-state index contributed by atoms with van der Waals surface area (Å²) in [5.41, 5.74) is 2.52. The molecule has 1 N–H and O–H groups in total. The summed E-state index contributed by atoms with van der Waals surface area (Å²) in [6.07, 6.45) is 7.01. The first kappa shape index (κ1) is 19.6. The fraction of sp³-hybridized carbons (Fsp3) is 0.435. The number of nitrogens with one attached hydrogen (secondary N) is 1. The maximum Gasteiger partial charge on any atom is 0.294 e. The molecular formula is C23H29N5O. The van der Waals surface area contributed by atoms with Gasteiger partial charge in [0.05, 0.1) is 23.8 Å². The topological polar surface area (TPSA) is 63.0 Å². The highest BCUT2D eigenvalue weighted by molar-refractivity contribution is 5.75. The molecule has 29 heavy (non-hydrogen) atoms. The standard InChI is InChI=1S/C23H29N5O/c1-18-9-14-27(15-10-18)13-5-11-25-22-23(29)28(17-19-6-3-2-4-7-19)21-16-24-12-8-20(21)26-22/h2-4,6-8,12,16,18H,5,9-11,13-15,17H2,1H3,(H,25,26). The number of hydrogen-bond donors (Lipinski definition) is 1. The maximum atomic E-state index is 13.1. The number of likely N-dealkylation sites (tertiary alicyclic amines) is 1. The summed E-state index contributed by atoms with van der Waals surface area (Å²) in [6.45, 7) is 7.02. The molecule has 0 radical (unpaired) electrons. The van der Waals surface area contributed by atoms with Crippen LogP contribution in [0.25, 0.3) is 11.0 Å². The number of fused-ring (bicyclic) bond motifs is 1. The molecule has 152 valence electrons. The van der Waals surface area contributed by atoms with Gasteiger partial charge in [-0.2, -0.15) is 0 Å². The van der Waals surface area contributed by atoms with Crippen molar-refractivity contribution >= 4 is 16.9 Å². The number of piperidine rings is 1. The quantitative estimate of drug-likeness (QED) is 0.626. The Hall–Kier alpha value is -2.73.